The molecular formula is C26H25F3N6O. The number of benzene rings is 1. The molecule has 0 N–H and O–H groups in total. The molecular weight excluding hydrogens is 469 g/mol. The van der Waals surface area contributed by atoms with Gasteiger partial charge in [-0.05, 0) is 58.6 Å². The molecule has 3 aromatic heterocycles. The summed E-state index contributed by atoms with van der Waals surface area (Å²) >= 11 is 0. The van der Waals surface area contributed by atoms with Gasteiger partial charge in [-0.15, -0.1) is 0 Å². The molecule has 1 fully saturated rings. The van der Waals surface area contributed by atoms with Crippen LogP contribution < -0.4 is 0 Å². The van der Waals surface area contributed by atoms with Crippen molar-refractivity contribution in [3.63, 3.8) is 0 Å². The van der Waals surface area contributed by atoms with Crippen LogP contribution in [0.3, 0.4) is 0 Å². The lowest BCUT2D eigenvalue weighted by atomic mass is 9.81. The third kappa shape index (κ3) is 3.12. The van der Waals surface area contributed by atoms with E-state index in [1.807, 2.05) is 30.1 Å². The molecule has 0 unspecified atom stereocenters. The number of halogens is 3. The average molecular weight is 495 g/mol. The van der Waals surface area contributed by atoms with E-state index in [0.29, 0.717) is 29.1 Å². The summed E-state index contributed by atoms with van der Waals surface area (Å²) in [6.45, 7) is 5.60. The van der Waals surface area contributed by atoms with Crippen LogP contribution in [0.2, 0.25) is 0 Å². The zero-order chi connectivity index (χ0) is 25.5. The Morgan fingerprint density at radius 1 is 1.06 bits per heavy atom. The second kappa shape index (κ2) is 7.91. The van der Waals surface area contributed by atoms with E-state index in [-0.39, 0.29) is 23.6 Å². The smallest absolute Gasteiger partial charge is 0.273 e. The van der Waals surface area contributed by atoms with Gasteiger partial charge in [-0.2, -0.15) is 5.10 Å². The number of imidazole rings is 1. The highest BCUT2D eigenvalue weighted by Crippen LogP contribution is 2.45. The quantitative estimate of drug-likeness (QED) is 0.377. The van der Waals surface area contributed by atoms with Gasteiger partial charge in [-0.1, -0.05) is 0 Å². The van der Waals surface area contributed by atoms with Gasteiger partial charge in [-0.3, -0.25) is 18.9 Å². The number of hydrogen-bond donors (Lipinski definition) is 0. The van der Waals surface area contributed by atoms with Crippen LogP contribution in [0.15, 0.2) is 18.3 Å². The highest BCUT2D eigenvalue weighted by molar-refractivity contribution is 5.96. The van der Waals surface area contributed by atoms with Crippen LogP contribution >= 0.6 is 0 Å². The van der Waals surface area contributed by atoms with Crippen molar-refractivity contribution >= 4 is 11.6 Å². The van der Waals surface area contributed by atoms with E-state index in [4.69, 9.17) is 5.10 Å². The van der Waals surface area contributed by atoms with Crippen molar-refractivity contribution in [2.45, 2.75) is 58.5 Å². The Balaban J connectivity index is 1.48. The number of fused-ring (bicyclic) bond motifs is 5. The van der Waals surface area contributed by atoms with Crippen LogP contribution in [-0.2, 0) is 13.5 Å². The summed E-state index contributed by atoms with van der Waals surface area (Å²) in [5.41, 5.74) is 5.76. The van der Waals surface area contributed by atoms with E-state index in [1.54, 1.807) is 17.9 Å². The fourth-order valence-electron chi connectivity index (χ4n) is 6.00. The van der Waals surface area contributed by atoms with Gasteiger partial charge in [0.05, 0.1) is 28.8 Å². The number of aryl methyl sites for hydroxylation is 4. The molecule has 4 aromatic rings. The molecule has 36 heavy (non-hydrogen) atoms. The van der Waals surface area contributed by atoms with Gasteiger partial charge in [0.1, 0.15) is 5.69 Å². The maximum atomic E-state index is 14.1. The Labute approximate surface area is 205 Å². The minimum Gasteiger partial charge on any atom is -0.325 e. The molecule has 1 amide bonds. The molecule has 2 aliphatic rings. The monoisotopic (exact) mass is 494 g/mol. The number of carbonyl (C=O) groups is 1. The molecule has 186 valence electrons. The minimum absolute atomic E-state index is 0.102. The molecule has 2 atom stereocenters. The summed E-state index contributed by atoms with van der Waals surface area (Å²) in [4.78, 5) is 25.1. The number of carbonyl (C=O) groups excluding carboxylic acids is 1. The summed E-state index contributed by atoms with van der Waals surface area (Å²) in [5, 5.41) is 4.71. The molecule has 1 saturated heterocycles. The summed E-state index contributed by atoms with van der Waals surface area (Å²) in [5.74, 6) is -4.08. The van der Waals surface area contributed by atoms with Gasteiger partial charge < -0.3 is 4.90 Å². The molecule has 10 heteroatoms. The molecule has 7 nitrogen and oxygen atoms in total. The van der Waals surface area contributed by atoms with Gasteiger partial charge in [-0.25, -0.2) is 18.2 Å². The predicted molar refractivity (Wildman–Crippen MR) is 126 cm³/mol. The number of nitrogens with zero attached hydrogens (tertiary/aromatic N) is 6. The maximum absolute atomic E-state index is 14.1. The van der Waals surface area contributed by atoms with Crippen LogP contribution in [-0.4, -0.2) is 41.0 Å². The van der Waals surface area contributed by atoms with Crippen LogP contribution in [0.5, 0.6) is 0 Å². The Morgan fingerprint density at radius 3 is 2.50 bits per heavy atom. The fourth-order valence-corrected chi connectivity index (χ4v) is 6.00. The molecule has 5 heterocycles. The van der Waals surface area contributed by atoms with Gasteiger partial charge in [0, 0.05) is 36.1 Å². The Hall–Kier alpha value is -3.69. The van der Waals surface area contributed by atoms with Crippen molar-refractivity contribution in [3.05, 3.63) is 69.8 Å². The largest absolute Gasteiger partial charge is 0.325 e. The predicted octanol–water partition coefficient (Wildman–Crippen LogP) is 4.76. The first-order valence-electron chi connectivity index (χ1n) is 12.0. The first-order chi connectivity index (χ1) is 17.2. The van der Waals surface area contributed by atoms with E-state index in [9.17, 15) is 18.0 Å². The minimum atomic E-state index is -1.49. The fraction of sp³-hybridized carbons (Fsp3) is 0.385. The van der Waals surface area contributed by atoms with Crippen LogP contribution in [0.25, 0.3) is 16.9 Å². The lowest BCUT2D eigenvalue weighted by Gasteiger charge is -2.45. The standard InChI is InChI=1S/C26H25F3N6O/c1-12-11-30-14(3)25-31-13(2)23(34(12)25)26(36)35-16-6-5-7-20(35)22-17(10-16)24(33(4)32-22)15-8-18(27)21(29)19(28)9-15/h8-9,11,16,20H,5-7,10H2,1-4H3/t16-,20+/m1/s1. The molecule has 6 rings (SSSR count). The highest BCUT2D eigenvalue weighted by atomic mass is 19.2. The van der Waals surface area contributed by atoms with Crippen molar-refractivity contribution in [2.75, 3.05) is 0 Å². The first-order valence-corrected chi connectivity index (χ1v) is 12.0. The van der Waals surface area contributed by atoms with Crippen LogP contribution in [0.1, 0.15) is 64.1 Å². The van der Waals surface area contributed by atoms with Gasteiger partial charge in [0.15, 0.2) is 23.1 Å². The topological polar surface area (TPSA) is 68.3 Å². The van der Waals surface area contributed by atoms with Crippen molar-refractivity contribution in [3.8, 4) is 11.3 Å². The number of rotatable bonds is 2. The SMILES string of the molecule is Cc1nc2c(C)ncc(C)n2c1C(=O)N1[C@@H]2CCC[C@H]1c1nn(C)c(-c3cc(F)c(F)c(F)c3)c1C2. The summed E-state index contributed by atoms with van der Waals surface area (Å²) in [6.07, 6.45) is 4.71. The van der Waals surface area contributed by atoms with Crippen molar-refractivity contribution in [1.29, 1.82) is 0 Å². The van der Waals surface area contributed by atoms with Crippen molar-refractivity contribution in [1.82, 2.24) is 29.0 Å². The van der Waals surface area contributed by atoms with E-state index < -0.39 is 17.5 Å². The normalized spacial score (nSPS) is 19.1. The van der Waals surface area contributed by atoms with Crippen LogP contribution in [0.4, 0.5) is 13.2 Å². The summed E-state index contributed by atoms with van der Waals surface area (Å²) in [7, 11) is 1.71. The Morgan fingerprint density at radius 2 is 1.78 bits per heavy atom. The molecule has 0 saturated carbocycles. The summed E-state index contributed by atoms with van der Waals surface area (Å²) in [6, 6.07) is 1.63. The maximum Gasteiger partial charge on any atom is 0.273 e. The van der Waals surface area contributed by atoms with E-state index >= 15 is 0 Å². The lowest BCUT2D eigenvalue weighted by Crippen LogP contribution is -2.50. The van der Waals surface area contributed by atoms with E-state index in [1.165, 1.54) is 0 Å². The first kappa shape index (κ1) is 22.8. The van der Waals surface area contributed by atoms with E-state index in [2.05, 4.69) is 9.97 Å². The average Bonchev–Trinajstić information content (AvgIpc) is 3.36. The van der Waals surface area contributed by atoms with Crippen molar-refractivity contribution in [2.24, 2.45) is 7.05 Å². The lowest BCUT2D eigenvalue weighted by molar-refractivity contribution is 0.0384. The van der Waals surface area contributed by atoms with Gasteiger partial charge >= 0.3 is 0 Å². The Bertz CT molecular complexity index is 1550. The molecule has 2 aliphatic heterocycles. The number of hydrogen-bond acceptors (Lipinski definition) is 4. The second-order valence-electron chi connectivity index (χ2n) is 9.80. The zero-order valence-corrected chi connectivity index (χ0v) is 20.4. The molecule has 1 aromatic carbocycles. The van der Waals surface area contributed by atoms with Gasteiger partial charge in [0.2, 0.25) is 0 Å². The third-order valence-corrected chi connectivity index (χ3v) is 7.54. The number of amides is 1. The van der Waals surface area contributed by atoms with Crippen LogP contribution in [0, 0.1) is 38.2 Å². The third-order valence-electron chi connectivity index (χ3n) is 7.54. The highest BCUT2D eigenvalue weighted by Gasteiger charge is 2.44. The number of aromatic nitrogens is 5. The van der Waals surface area contributed by atoms with E-state index in [0.717, 1.165) is 54.0 Å². The second-order valence-corrected chi connectivity index (χ2v) is 9.80. The molecule has 0 radical (unpaired) electrons. The Kier molecular flexibility index (Phi) is 5.00. The van der Waals surface area contributed by atoms with Crippen molar-refractivity contribution < 1.29 is 18.0 Å². The zero-order valence-electron chi connectivity index (χ0n) is 20.4. The summed E-state index contributed by atoms with van der Waals surface area (Å²) < 4.78 is 45.2. The molecule has 0 aliphatic carbocycles. The van der Waals surface area contributed by atoms with Gasteiger partial charge in [0.25, 0.3) is 5.91 Å². The molecule has 0 spiro atoms. The number of piperidine rings is 1. The molecule has 2 bridgehead atoms.